The quantitative estimate of drug-likeness (QED) is 0.300. The summed E-state index contributed by atoms with van der Waals surface area (Å²) in [7, 11) is 0. The highest BCUT2D eigenvalue weighted by Crippen LogP contribution is 2.12. The molecule has 0 spiro atoms. The molecule has 0 atom stereocenters. The molecule has 1 aromatic carbocycles. The molecule has 0 heterocycles. The molecular formula is C7H4F3NO. The highest BCUT2D eigenvalue weighted by Gasteiger charge is 2.08. The van der Waals surface area contributed by atoms with Crippen molar-refractivity contribution in [2.45, 2.75) is 0 Å². The summed E-state index contributed by atoms with van der Waals surface area (Å²) in [6.07, 6.45) is 0.613. The number of hydrogen-bond acceptors (Lipinski definition) is 2. The predicted octanol–water partition coefficient (Wildman–Crippen LogP) is 1.91. The second kappa shape index (κ2) is 3.25. The minimum atomic E-state index is -1.31. The fourth-order valence-corrected chi connectivity index (χ4v) is 0.732. The molecule has 0 radical (unpaired) electrons. The first-order chi connectivity index (χ1) is 5.65. The average Bonchev–Trinajstić information content (AvgIpc) is 2.00. The van der Waals surface area contributed by atoms with Crippen molar-refractivity contribution in [3.05, 3.63) is 35.1 Å². The van der Waals surface area contributed by atoms with Crippen molar-refractivity contribution >= 4 is 6.21 Å². The van der Waals surface area contributed by atoms with Crippen LogP contribution < -0.4 is 0 Å². The van der Waals surface area contributed by atoms with Gasteiger partial charge in [-0.1, -0.05) is 5.16 Å². The van der Waals surface area contributed by atoms with Crippen LogP contribution in [0.3, 0.4) is 0 Å². The molecule has 0 bridgehead atoms. The molecule has 64 valence electrons. The maximum absolute atomic E-state index is 12.6. The maximum Gasteiger partial charge on any atom is 0.167 e. The first kappa shape index (κ1) is 8.58. The highest BCUT2D eigenvalue weighted by molar-refractivity contribution is 5.79. The van der Waals surface area contributed by atoms with E-state index >= 15 is 0 Å². The van der Waals surface area contributed by atoms with Gasteiger partial charge in [-0.05, 0) is 6.07 Å². The van der Waals surface area contributed by atoms with E-state index in [4.69, 9.17) is 5.21 Å². The second-order valence-electron chi connectivity index (χ2n) is 2.04. The van der Waals surface area contributed by atoms with Gasteiger partial charge in [0, 0.05) is 11.6 Å². The average molecular weight is 175 g/mol. The number of halogens is 3. The Bertz CT molecular complexity index is 325. The van der Waals surface area contributed by atoms with E-state index in [0.29, 0.717) is 12.3 Å². The fraction of sp³-hybridized carbons (Fsp3) is 0. The van der Waals surface area contributed by atoms with Crippen LogP contribution in [-0.4, -0.2) is 11.4 Å². The van der Waals surface area contributed by atoms with Gasteiger partial charge in [0.2, 0.25) is 0 Å². The lowest BCUT2D eigenvalue weighted by molar-refractivity contribution is 0.321. The van der Waals surface area contributed by atoms with Crippen molar-refractivity contribution < 1.29 is 18.4 Å². The standard InChI is InChI=1S/C7H4F3NO/c8-5-1-4(3-11-12)7(10)6(9)2-5/h1-3,12H/b11-3+. The van der Waals surface area contributed by atoms with Gasteiger partial charge in [0.1, 0.15) is 5.82 Å². The van der Waals surface area contributed by atoms with Gasteiger partial charge in [0.15, 0.2) is 11.6 Å². The largest absolute Gasteiger partial charge is 0.411 e. The Labute approximate surface area is 65.9 Å². The molecule has 5 heteroatoms. The van der Waals surface area contributed by atoms with Gasteiger partial charge >= 0.3 is 0 Å². The normalized spacial score (nSPS) is 10.9. The summed E-state index contributed by atoms with van der Waals surface area (Å²) in [6, 6.07) is 1.13. The monoisotopic (exact) mass is 175 g/mol. The molecule has 0 aliphatic heterocycles. The third-order valence-corrected chi connectivity index (χ3v) is 1.22. The number of nitrogens with zero attached hydrogens (tertiary/aromatic N) is 1. The third kappa shape index (κ3) is 1.55. The van der Waals surface area contributed by atoms with Crippen LogP contribution in [0.15, 0.2) is 17.3 Å². The van der Waals surface area contributed by atoms with E-state index < -0.39 is 23.0 Å². The molecule has 12 heavy (non-hydrogen) atoms. The minimum absolute atomic E-state index is 0.407. The van der Waals surface area contributed by atoms with Gasteiger partial charge in [-0.3, -0.25) is 0 Å². The fourth-order valence-electron chi connectivity index (χ4n) is 0.732. The molecular weight excluding hydrogens is 171 g/mol. The maximum atomic E-state index is 12.6. The Morgan fingerprint density at radius 3 is 2.50 bits per heavy atom. The molecule has 0 aromatic heterocycles. The van der Waals surface area contributed by atoms with Gasteiger partial charge in [0.05, 0.1) is 6.21 Å². The van der Waals surface area contributed by atoms with Gasteiger partial charge in [0.25, 0.3) is 0 Å². The molecule has 0 unspecified atom stereocenters. The zero-order chi connectivity index (χ0) is 9.14. The van der Waals surface area contributed by atoms with Crippen LogP contribution in [-0.2, 0) is 0 Å². The molecule has 0 fully saturated rings. The van der Waals surface area contributed by atoms with E-state index in [1.807, 2.05) is 0 Å². The van der Waals surface area contributed by atoms with Crippen LogP contribution in [0.4, 0.5) is 13.2 Å². The first-order valence-electron chi connectivity index (χ1n) is 2.97. The predicted molar refractivity (Wildman–Crippen MR) is 35.7 cm³/mol. The summed E-state index contributed by atoms with van der Waals surface area (Å²) in [4.78, 5) is 0. The van der Waals surface area contributed by atoms with Crippen LogP contribution in [0, 0.1) is 17.5 Å². The number of hydrogen-bond donors (Lipinski definition) is 1. The van der Waals surface area contributed by atoms with E-state index in [9.17, 15) is 13.2 Å². The zero-order valence-corrected chi connectivity index (χ0v) is 5.76. The Morgan fingerprint density at radius 1 is 1.25 bits per heavy atom. The van der Waals surface area contributed by atoms with Gasteiger partial charge in [-0.25, -0.2) is 13.2 Å². The lowest BCUT2D eigenvalue weighted by Gasteiger charge is -1.96. The molecule has 0 saturated carbocycles. The topological polar surface area (TPSA) is 32.6 Å². The van der Waals surface area contributed by atoms with Crippen LogP contribution in [0.5, 0.6) is 0 Å². The summed E-state index contributed by atoms with van der Waals surface area (Å²) in [5, 5.41) is 10.4. The van der Waals surface area contributed by atoms with Crippen molar-refractivity contribution in [3.8, 4) is 0 Å². The van der Waals surface area contributed by atoms with E-state index in [-0.39, 0.29) is 0 Å². The van der Waals surface area contributed by atoms with E-state index in [1.54, 1.807) is 0 Å². The van der Waals surface area contributed by atoms with E-state index in [1.165, 1.54) is 0 Å². The molecule has 0 aliphatic carbocycles. The lowest BCUT2D eigenvalue weighted by atomic mass is 10.2. The van der Waals surface area contributed by atoms with E-state index in [2.05, 4.69) is 5.16 Å². The van der Waals surface area contributed by atoms with Crippen LogP contribution in [0.25, 0.3) is 0 Å². The molecule has 0 amide bonds. The van der Waals surface area contributed by atoms with Crippen LogP contribution >= 0.6 is 0 Å². The number of rotatable bonds is 1. The summed E-state index contributed by atoms with van der Waals surface area (Å²) >= 11 is 0. The molecule has 2 nitrogen and oxygen atoms in total. The smallest absolute Gasteiger partial charge is 0.167 e. The van der Waals surface area contributed by atoms with Crippen LogP contribution in [0.2, 0.25) is 0 Å². The molecule has 0 aliphatic rings. The first-order valence-corrected chi connectivity index (χ1v) is 2.97. The zero-order valence-electron chi connectivity index (χ0n) is 5.76. The summed E-state index contributed by atoms with van der Waals surface area (Å²) in [5.41, 5.74) is -0.435. The van der Waals surface area contributed by atoms with Crippen LogP contribution in [0.1, 0.15) is 5.56 Å². The lowest BCUT2D eigenvalue weighted by Crippen LogP contribution is -1.94. The van der Waals surface area contributed by atoms with Gasteiger partial charge in [-0.2, -0.15) is 0 Å². The van der Waals surface area contributed by atoms with Gasteiger partial charge < -0.3 is 5.21 Å². The Morgan fingerprint density at radius 2 is 1.92 bits per heavy atom. The van der Waals surface area contributed by atoms with Crippen molar-refractivity contribution in [1.82, 2.24) is 0 Å². The Kier molecular flexibility index (Phi) is 2.32. The van der Waals surface area contributed by atoms with Crippen molar-refractivity contribution in [1.29, 1.82) is 0 Å². The minimum Gasteiger partial charge on any atom is -0.411 e. The van der Waals surface area contributed by atoms with Crippen molar-refractivity contribution in [2.75, 3.05) is 0 Å². The number of oxime groups is 1. The number of benzene rings is 1. The van der Waals surface area contributed by atoms with E-state index in [0.717, 1.165) is 6.07 Å². The molecule has 1 N–H and O–H groups in total. The highest BCUT2D eigenvalue weighted by atomic mass is 19.2. The summed E-state index contributed by atoms with van der Waals surface area (Å²) in [6.45, 7) is 0. The Hall–Kier alpha value is -1.52. The second-order valence-corrected chi connectivity index (χ2v) is 2.04. The molecule has 0 saturated heterocycles. The molecule has 1 rings (SSSR count). The molecule has 1 aromatic rings. The SMILES string of the molecule is O/N=C/c1cc(F)cc(F)c1F. The summed E-state index contributed by atoms with van der Waals surface area (Å²) in [5.74, 6) is -3.48. The third-order valence-electron chi connectivity index (χ3n) is 1.22. The van der Waals surface area contributed by atoms with Crippen molar-refractivity contribution in [3.63, 3.8) is 0 Å². The van der Waals surface area contributed by atoms with Gasteiger partial charge in [-0.15, -0.1) is 0 Å². The summed E-state index contributed by atoms with van der Waals surface area (Å²) < 4.78 is 37.4. The Balaban J connectivity index is 3.27. The van der Waals surface area contributed by atoms with Crippen molar-refractivity contribution in [2.24, 2.45) is 5.16 Å².